The molecule has 1 N–H and O–H groups in total. The van der Waals surface area contributed by atoms with E-state index in [4.69, 9.17) is 0 Å². The molecule has 2 aliphatic heterocycles. The molecule has 0 unspecified atom stereocenters. The lowest BCUT2D eigenvalue weighted by molar-refractivity contribution is -0.128. The normalized spacial score (nSPS) is 20.6. The molecule has 31 heavy (non-hydrogen) atoms. The Morgan fingerprint density at radius 3 is 2.29 bits per heavy atom. The Bertz CT molecular complexity index is 997. The highest BCUT2D eigenvalue weighted by molar-refractivity contribution is 6.15. The van der Waals surface area contributed by atoms with Gasteiger partial charge in [0, 0.05) is 26.2 Å². The van der Waals surface area contributed by atoms with Gasteiger partial charge >= 0.3 is 0 Å². The maximum absolute atomic E-state index is 14.1. The molecule has 2 heterocycles. The van der Waals surface area contributed by atoms with Crippen LogP contribution in [0.5, 0.6) is 0 Å². The molecule has 0 aromatic heterocycles. The number of anilines is 3. The summed E-state index contributed by atoms with van der Waals surface area (Å²) < 4.78 is 14.1. The van der Waals surface area contributed by atoms with Crippen LogP contribution in [0.2, 0.25) is 0 Å². The molecule has 0 atom stereocenters. The summed E-state index contributed by atoms with van der Waals surface area (Å²) in [6.45, 7) is 2.94. The van der Waals surface area contributed by atoms with Crippen molar-refractivity contribution in [2.45, 2.75) is 31.2 Å². The number of hydrogen-bond acceptors (Lipinski definition) is 4. The molecule has 2 aromatic carbocycles. The number of piperazine rings is 1. The second-order valence-electron chi connectivity index (χ2n) is 8.65. The molecular weight excluding hydrogens is 395 g/mol. The van der Waals surface area contributed by atoms with E-state index in [1.54, 1.807) is 17.0 Å². The number of nitrogens with zero attached hydrogens (tertiary/aromatic N) is 3. The lowest BCUT2D eigenvalue weighted by Crippen LogP contribution is -2.62. The van der Waals surface area contributed by atoms with Crippen LogP contribution >= 0.6 is 0 Å². The van der Waals surface area contributed by atoms with E-state index in [9.17, 15) is 14.0 Å². The van der Waals surface area contributed by atoms with Gasteiger partial charge in [-0.1, -0.05) is 37.1 Å². The zero-order valence-corrected chi connectivity index (χ0v) is 17.5. The van der Waals surface area contributed by atoms with Gasteiger partial charge in [0.1, 0.15) is 11.4 Å². The van der Waals surface area contributed by atoms with Crippen molar-refractivity contribution in [3.8, 4) is 0 Å². The van der Waals surface area contributed by atoms with Crippen LogP contribution in [0.4, 0.5) is 21.5 Å². The number of benzene rings is 2. The van der Waals surface area contributed by atoms with Crippen LogP contribution < -0.4 is 15.1 Å². The van der Waals surface area contributed by atoms with Crippen molar-refractivity contribution in [3.63, 3.8) is 0 Å². The standard InChI is InChI=1S/C24H27FN4O2/c25-18-7-1-3-9-20(18)28-15-13-27(14-16-28)17-22(30)29-21-10-4-2-8-19(21)26-23(31)24(29)11-5-6-12-24/h1-4,7-10H,5-6,11-17H2,(H,26,31). The van der Waals surface area contributed by atoms with Crippen LogP contribution in [0, 0.1) is 5.82 Å². The van der Waals surface area contributed by atoms with Gasteiger partial charge < -0.3 is 10.2 Å². The maximum atomic E-state index is 14.1. The minimum Gasteiger partial charge on any atom is -0.367 e. The molecule has 2 aromatic rings. The number of carbonyl (C=O) groups is 2. The van der Waals surface area contributed by atoms with Gasteiger partial charge in [-0.25, -0.2) is 4.39 Å². The van der Waals surface area contributed by atoms with Crippen molar-refractivity contribution < 1.29 is 14.0 Å². The second kappa shape index (κ2) is 7.96. The molecule has 0 bridgehead atoms. The number of carbonyl (C=O) groups excluding carboxylic acids is 2. The molecule has 1 saturated heterocycles. The number of halogens is 1. The summed E-state index contributed by atoms with van der Waals surface area (Å²) in [7, 11) is 0. The Morgan fingerprint density at radius 1 is 0.935 bits per heavy atom. The Morgan fingerprint density at radius 2 is 1.58 bits per heavy atom. The molecule has 7 heteroatoms. The van der Waals surface area contributed by atoms with Gasteiger partial charge in [0.15, 0.2) is 0 Å². The van der Waals surface area contributed by atoms with Crippen LogP contribution in [0.15, 0.2) is 48.5 Å². The predicted molar refractivity (Wildman–Crippen MR) is 119 cm³/mol. The van der Waals surface area contributed by atoms with E-state index in [1.807, 2.05) is 35.2 Å². The van der Waals surface area contributed by atoms with Gasteiger partial charge in [-0.15, -0.1) is 0 Å². The van der Waals surface area contributed by atoms with E-state index in [1.165, 1.54) is 6.07 Å². The zero-order chi connectivity index (χ0) is 21.4. The fourth-order valence-electron chi connectivity index (χ4n) is 5.25. The number of amides is 2. The topological polar surface area (TPSA) is 55.9 Å². The van der Waals surface area contributed by atoms with E-state index >= 15 is 0 Å². The number of nitrogens with one attached hydrogen (secondary N) is 1. The van der Waals surface area contributed by atoms with Crippen molar-refractivity contribution in [3.05, 3.63) is 54.3 Å². The molecule has 6 nitrogen and oxygen atoms in total. The predicted octanol–water partition coefficient (Wildman–Crippen LogP) is 3.25. The third-order valence-corrected chi connectivity index (χ3v) is 6.85. The average molecular weight is 423 g/mol. The van der Waals surface area contributed by atoms with Crippen LogP contribution in [-0.2, 0) is 9.59 Å². The molecule has 1 spiro atoms. The van der Waals surface area contributed by atoms with E-state index in [-0.39, 0.29) is 24.2 Å². The van der Waals surface area contributed by atoms with Gasteiger partial charge in [0.2, 0.25) is 5.91 Å². The molecule has 5 rings (SSSR count). The van der Waals surface area contributed by atoms with Crippen LogP contribution in [0.3, 0.4) is 0 Å². The molecule has 162 valence electrons. The molecule has 3 aliphatic rings. The van der Waals surface area contributed by atoms with E-state index in [2.05, 4.69) is 10.2 Å². The molecule has 2 amide bonds. The van der Waals surface area contributed by atoms with Crippen molar-refractivity contribution in [2.24, 2.45) is 0 Å². The highest BCUT2D eigenvalue weighted by Gasteiger charge is 2.52. The summed E-state index contributed by atoms with van der Waals surface area (Å²) in [5, 5.41) is 3.02. The summed E-state index contributed by atoms with van der Waals surface area (Å²) in [6, 6.07) is 14.4. The first-order valence-corrected chi connectivity index (χ1v) is 11.0. The number of fused-ring (bicyclic) bond motifs is 1. The minimum atomic E-state index is -0.777. The van der Waals surface area contributed by atoms with Crippen molar-refractivity contribution in [1.82, 2.24) is 4.90 Å². The van der Waals surface area contributed by atoms with Crippen molar-refractivity contribution in [1.29, 1.82) is 0 Å². The first-order valence-electron chi connectivity index (χ1n) is 11.0. The fourth-order valence-corrected chi connectivity index (χ4v) is 5.25. The number of rotatable bonds is 3. The third-order valence-electron chi connectivity index (χ3n) is 6.85. The summed E-state index contributed by atoms with van der Waals surface area (Å²) in [5.74, 6) is -0.323. The van der Waals surface area contributed by atoms with Crippen molar-refractivity contribution in [2.75, 3.05) is 47.8 Å². The Hall–Kier alpha value is -2.93. The summed E-state index contributed by atoms with van der Waals surface area (Å²) in [5.41, 5.74) is 1.32. The highest BCUT2D eigenvalue weighted by atomic mass is 19.1. The van der Waals surface area contributed by atoms with Crippen LogP contribution in [-0.4, -0.2) is 55.0 Å². The summed E-state index contributed by atoms with van der Waals surface area (Å²) in [4.78, 5) is 32.5. The summed E-state index contributed by atoms with van der Waals surface area (Å²) in [6.07, 6.45) is 3.28. The van der Waals surface area contributed by atoms with E-state index in [0.29, 0.717) is 50.4 Å². The maximum Gasteiger partial charge on any atom is 0.250 e. The summed E-state index contributed by atoms with van der Waals surface area (Å²) >= 11 is 0. The minimum absolute atomic E-state index is 0.0384. The van der Waals surface area contributed by atoms with E-state index in [0.717, 1.165) is 18.5 Å². The average Bonchev–Trinajstić information content (AvgIpc) is 3.26. The molecule has 1 saturated carbocycles. The Labute approximate surface area is 181 Å². The van der Waals surface area contributed by atoms with Crippen LogP contribution in [0.1, 0.15) is 25.7 Å². The number of para-hydroxylation sites is 3. The van der Waals surface area contributed by atoms with E-state index < -0.39 is 5.54 Å². The van der Waals surface area contributed by atoms with Gasteiger partial charge in [-0.2, -0.15) is 0 Å². The highest BCUT2D eigenvalue weighted by Crippen LogP contribution is 2.45. The molecular formula is C24H27FN4O2. The monoisotopic (exact) mass is 422 g/mol. The van der Waals surface area contributed by atoms with Gasteiger partial charge in [-0.05, 0) is 37.1 Å². The lowest BCUT2D eigenvalue weighted by Gasteiger charge is -2.45. The Kier molecular flexibility index (Phi) is 5.14. The van der Waals surface area contributed by atoms with Gasteiger partial charge in [-0.3, -0.25) is 19.4 Å². The Balaban J connectivity index is 1.33. The molecule has 0 radical (unpaired) electrons. The van der Waals surface area contributed by atoms with Crippen molar-refractivity contribution >= 4 is 28.9 Å². The fraction of sp³-hybridized carbons (Fsp3) is 0.417. The van der Waals surface area contributed by atoms with Gasteiger partial charge in [0.05, 0.1) is 23.6 Å². The largest absolute Gasteiger partial charge is 0.367 e. The zero-order valence-electron chi connectivity index (χ0n) is 17.5. The first kappa shape index (κ1) is 20.0. The van der Waals surface area contributed by atoms with Crippen LogP contribution in [0.25, 0.3) is 0 Å². The quantitative estimate of drug-likeness (QED) is 0.825. The first-order chi connectivity index (χ1) is 15.1. The SMILES string of the molecule is O=C(CN1CCN(c2ccccc2F)CC1)N1c2ccccc2NC(=O)C12CCCC2. The lowest BCUT2D eigenvalue weighted by atomic mass is 9.89. The molecule has 2 fully saturated rings. The van der Waals surface area contributed by atoms with Gasteiger partial charge in [0.25, 0.3) is 5.91 Å². The second-order valence-corrected chi connectivity index (χ2v) is 8.65. The number of hydrogen-bond donors (Lipinski definition) is 1. The molecule has 1 aliphatic carbocycles. The smallest absolute Gasteiger partial charge is 0.250 e. The third kappa shape index (κ3) is 3.47.